The van der Waals surface area contributed by atoms with Crippen molar-refractivity contribution in [2.24, 2.45) is 0 Å². The number of unbranched alkanes of at least 4 members (excludes halogenated alkanes) is 3. The second-order valence-corrected chi connectivity index (χ2v) is 7.19. The third-order valence-electron chi connectivity index (χ3n) is 5.21. The zero-order chi connectivity index (χ0) is 17.6. The number of fused-ring (bicyclic) bond motifs is 1. The molecule has 0 fully saturated rings. The molecule has 0 aliphatic carbocycles. The molecule has 0 bridgehead atoms. The highest BCUT2D eigenvalue weighted by Crippen LogP contribution is 2.30. The van der Waals surface area contributed by atoms with E-state index in [-0.39, 0.29) is 0 Å². The number of nitrogens with zero attached hydrogens (tertiary/aromatic N) is 1. The molecule has 0 unspecified atom stereocenters. The molecule has 0 N–H and O–H groups in total. The summed E-state index contributed by atoms with van der Waals surface area (Å²) in [5.74, 6) is 0. The van der Waals surface area contributed by atoms with Crippen molar-refractivity contribution in [3.8, 4) is 11.3 Å². The number of benzene rings is 2. The van der Waals surface area contributed by atoms with Crippen LogP contribution in [-0.4, -0.2) is 4.57 Å². The van der Waals surface area contributed by atoms with Gasteiger partial charge in [-0.25, -0.2) is 0 Å². The first-order valence-electron chi connectivity index (χ1n) is 9.92. The van der Waals surface area contributed by atoms with Crippen molar-refractivity contribution in [1.82, 2.24) is 4.57 Å². The Morgan fingerprint density at radius 3 is 2.48 bits per heavy atom. The average molecular weight is 334 g/mol. The SMILES string of the molecule is CCCCCCn1c(-c2ccc(C)c(CCC)c2)cc2ccccc21. The summed E-state index contributed by atoms with van der Waals surface area (Å²) < 4.78 is 2.53. The van der Waals surface area contributed by atoms with Crippen LogP contribution in [0.3, 0.4) is 0 Å². The van der Waals surface area contributed by atoms with Gasteiger partial charge in [0, 0.05) is 23.1 Å². The maximum Gasteiger partial charge on any atom is 0.0491 e. The Labute approximate surface area is 152 Å². The van der Waals surface area contributed by atoms with Gasteiger partial charge in [0.15, 0.2) is 0 Å². The third-order valence-corrected chi connectivity index (χ3v) is 5.21. The molecule has 25 heavy (non-hydrogen) atoms. The first-order valence-corrected chi connectivity index (χ1v) is 9.92. The standard InChI is InChI=1S/C24H31N/c1-4-6-7-10-16-25-23-13-9-8-12-21(23)18-24(25)22-15-14-19(3)20(17-22)11-5-2/h8-9,12-15,17-18H,4-7,10-11,16H2,1-3H3. The molecule has 1 heteroatoms. The van der Waals surface area contributed by atoms with Gasteiger partial charge in [-0.1, -0.05) is 69.9 Å². The zero-order valence-corrected chi connectivity index (χ0v) is 16.0. The fourth-order valence-electron chi connectivity index (χ4n) is 3.76. The zero-order valence-electron chi connectivity index (χ0n) is 16.0. The Morgan fingerprint density at radius 2 is 1.68 bits per heavy atom. The summed E-state index contributed by atoms with van der Waals surface area (Å²) in [6.07, 6.45) is 7.56. The molecule has 0 radical (unpaired) electrons. The summed E-state index contributed by atoms with van der Waals surface area (Å²) in [6.45, 7) is 7.88. The molecule has 1 heterocycles. The highest BCUT2D eigenvalue weighted by atomic mass is 15.0. The van der Waals surface area contributed by atoms with Gasteiger partial charge in [-0.15, -0.1) is 0 Å². The van der Waals surface area contributed by atoms with Gasteiger partial charge >= 0.3 is 0 Å². The largest absolute Gasteiger partial charge is 0.340 e. The molecule has 2 aromatic carbocycles. The molecule has 0 saturated carbocycles. The van der Waals surface area contributed by atoms with Gasteiger partial charge < -0.3 is 4.57 Å². The maximum atomic E-state index is 2.53. The molecule has 0 saturated heterocycles. The lowest BCUT2D eigenvalue weighted by atomic mass is 9.99. The lowest BCUT2D eigenvalue weighted by Gasteiger charge is -2.13. The van der Waals surface area contributed by atoms with Gasteiger partial charge in [0.2, 0.25) is 0 Å². The van der Waals surface area contributed by atoms with E-state index in [0.29, 0.717) is 0 Å². The van der Waals surface area contributed by atoms with Crippen LogP contribution in [0.25, 0.3) is 22.2 Å². The minimum Gasteiger partial charge on any atom is -0.340 e. The van der Waals surface area contributed by atoms with E-state index in [1.165, 1.54) is 65.4 Å². The fraction of sp³-hybridized carbons (Fsp3) is 0.417. The van der Waals surface area contributed by atoms with Crippen molar-refractivity contribution in [2.45, 2.75) is 65.8 Å². The lowest BCUT2D eigenvalue weighted by molar-refractivity contribution is 0.596. The van der Waals surface area contributed by atoms with E-state index in [1.807, 2.05) is 0 Å². The van der Waals surface area contributed by atoms with Crippen molar-refractivity contribution in [1.29, 1.82) is 0 Å². The molecule has 0 spiro atoms. The Kier molecular flexibility index (Phi) is 5.96. The van der Waals surface area contributed by atoms with Crippen LogP contribution in [0.15, 0.2) is 48.5 Å². The highest BCUT2D eigenvalue weighted by molar-refractivity contribution is 5.87. The van der Waals surface area contributed by atoms with Crippen molar-refractivity contribution in [3.63, 3.8) is 0 Å². The first kappa shape index (κ1) is 17.8. The molecule has 3 aromatic rings. The Balaban J connectivity index is 2.01. The topological polar surface area (TPSA) is 4.93 Å². The lowest BCUT2D eigenvalue weighted by Crippen LogP contribution is -2.01. The van der Waals surface area contributed by atoms with E-state index in [2.05, 4.69) is 73.9 Å². The summed E-state index contributed by atoms with van der Waals surface area (Å²) in [7, 11) is 0. The average Bonchev–Trinajstić information content (AvgIpc) is 2.99. The first-order chi connectivity index (χ1) is 12.2. The molecular weight excluding hydrogens is 302 g/mol. The van der Waals surface area contributed by atoms with Crippen LogP contribution in [0.5, 0.6) is 0 Å². The third kappa shape index (κ3) is 3.98. The second-order valence-electron chi connectivity index (χ2n) is 7.19. The normalized spacial score (nSPS) is 11.3. The van der Waals surface area contributed by atoms with Crippen LogP contribution < -0.4 is 0 Å². The molecule has 1 nitrogen and oxygen atoms in total. The number of rotatable bonds is 8. The van der Waals surface area contributed by atoms with Crippen molar-refractivity contribution in [2.75, 3.05) is 0 Å². The second kappa shape index (κ2) is 8.38. The number of hydrogen-bond acceptors (Lipinski definition) is 0. The van der Waals surface area contributed by atoms with Gasteiger partial charge in [0.25, 0.3) is 0 Å². The number of aromatic nitrogens is 1. The Bertz CT molecular complexity index is 825. The van der Waals surface area contributed by atoms with E-state index in [9.17, 15) is 0 Å². The van der Waals surface area contributed by atoms with Crippen LogP contribution >= 0.6 is 0 Å². The molecule has 1 aromatic heterocycles. The smallest absolute Gasteiger partial charge is 0.0491 e. The Hall–Kier alpha value is -2.02. The minimum atomic E-state index is 1.11. The van der Waals surface area contributed by atoms with Crippen LogP contribution in [0.2, 0.25) is 0 Å². The molecule has 0 aliphatic rings. The Morgan fingerprint density at radius 1 is 0.840 bits per heavy atom. The van der Waals surface area contributed by atoms with Gasteiger partial charge in [0.1, 0.15) is 0 Å². The fourth-order valence-corrected chi connectivity index (χ4v) is 3.76. The van der Waals surface area contributed by atoms with Gasteiger partial charge in [-0.2, -0.15) is 0 Å². The summed E-state index contributed by atoms with van der Waals surface area (Å²) in [5, 5.41) is 1.35. The van der Waals surface area contributed by atoms with E-state index in [1.54, 1.807) is 0 Å². The van der Waals surface area contributed by atoms with Crippen molar-refractivity contribution in [3.05, 3.63) is 59.7 Å². The quantitative estimate of drug-likeness (QED) is 0.386. The van der Waals surface area contributed by atoms with Crippen LogP contribution in [0, 0.1) is 6.92 Å². The van der Waals surface area contributed by atoms with Crippen molar-refractivity contribution < 1.29 is 0 Å². The predicted octanol–water partition coefficient (Wildman–Crippen LogP) is 7.15. The number of hydrogen-bond donors (Lipinski definition) is 0. The summed E-state index contributed by atoms with van der Waals surface area (Å²) >= 11 is 0. The van der Waals surface area contributed by atoms with Gasteiger partial charge in [-0.3, -0.25) is 0 Å². The molecule has 132 valence electrons. The summed E-state index contributed by atoms with van der Waals surface area (Å²) in [6, 6.07) is 18.2. The number of para-hydroxylation sites is 1. The molecule has 0 amide bonds. The summed E-state index contributed by atoms with van der Waals surface area (Å²) in [4.78, 5) is 0. The van der Waals surface area contributed by atoms with Gasteiger partial charge in [-0.05, 0) is 54.7 Å². The van der Waals surface area contributed by atoms with E-state index in [4.69, 9.17) is 0 Å². The predicted molar refractivity (Wildman–Crippen MR) is 110 cm³/mol. The maximum absolute atomic E-state index is 2.53. The van der Waals surface area contributed by atoms with Crippen LogP contribution in [0.1, 0.15) is 57.1 Å². The molecule has 0 aliphatic heterocycles. The van der Waals surface area contributed by atoms with Crippen molar-refractivity contribution >= 4 is 10.9 Å². The summed E-state index contributed by atoms with van der Waals surface area (Å²) in [5.41, 5.74) is 7.00. The van der Waals surface area contributed by atoms with Crippen LogP contribution in [0.4, 0.5) is 0 Å². The molecule has 3 rings (SSSR count). The minimum absolute atomic E-state index is 1.11. The van der Waals surface area contributed by atoms with Crippen LogP contribution in [-0.2, 0) is 13.0 Å². The van der Waals surface area contributed by atoms with Gasteiger partial charge in [0.05, 0.1) is 0 Å². The number of aryl methyl sites for hydroxylation is 3. The van der Waals surface area contributed by atoms with E-state index >= 15 is 0 Å². The van der Waals surface area contributed by atoms with E-state index in [0.717, 1.165) is 13.0 Å². The molecule has 0 atom stereocenters. The van der Waals surface area contributed by atoms with E-state index < -0.39 is 0 Å². The molecular formula is C24H31N. The monoisotopic (exact) mass is 333 g/mol. The highest BCUT2D eigenvalue weighted by Gasteiger charge is 2.11.